The molecule has 2 aliphatic rings. The zero-order valence-electron chi connectivity index (χ0n) is 20.3. The number of nitriles is 1. The fraction of sp³-hybridized carbons (Fsp3) is 0.517. The molecule has 5 heteroatoms. The van der Waals surface area contributed by atoms with Gasteiger partial charge in [-0.15, -0.1) is 0 Å². The molecule has 34 heavy (non-hydrogen) atoms. The summed E-state index contributed by atoms with van der Waals surface area (Å²) >= 11 is 0. The van der Waals surface area contributed by atoms with Crippen LogP contribution in [-0.2, 0) is 28.8 Å². The molecule has 0 spiro atoms. The number of halogens is 1. The van der Waals surface area contributed by atoms with Crippen LogP contribution in [0.1, 0.15) is 62.6 Å². The molecule has 4 atom stereocenters. The van der Waals surface area contributed by atoms with Gasteiger partial charge in [-0.1, -0.05) is 38.1 Å². The van der Waals surface area contributed by atoms with Gasteiger partial charge in [0.15, 0.2) is 0 Å². The highest BCUT2D eigenvalue weighted by Crippen LogP contribution is 2.33. The van der Waals surface area contributed by atoms with E-state index in [9.17, 15) is 14.4 Å². The third-order valence-electron chi connectivity index (χ3n) is 7.60. The highest BCUT2D eigenvalue weighted by Gasteiger charge is 2.26. The number of nitrogens with one attached hydrogen (secondary N) is 1. The van der Waals surface area contributed by atoms with E-state index in [1.165, 1.54) is 11.6 Å². The summed E-state index contributed by atoms with van der Waals surface area (Å²) in [5.41, 5.74) is 5.51. The van der Waals surface area contributed by atoms with Gasteiger partial charge in [-0.2, -0.15) is 5.26 Å². The first-order chi connectivity index (χ1) is 16.4. The number of benzene rings is 2. The lowest BCUT2D eigenvalue weighted by Crippen LogP contribution is -2.43. The fourth-order valence-electron chi connectivity index (χ4n) is 5.28. The van der Waals surface area contributed by atoms with Gasteiger partial charge in [-0.3, -0.25) is 4.79 Å². The van der Waals surface area contributed by atoms with E-state index in [4.69, 9.17) is 4.74 Å². The summed E-state index contributed by atoms with van der Waals surface area (Å²) in [6.07, 6.45) is 6.40. The van der Waals surface area contributed by atoms with Crippen LogP contribution in [0.4, 0.5) is 4.39 Å². The van der Waals surface area contributed by atoms with Crippen LogP contribution in [0.5, 0.6) is 0 Å². The van der Waals surface area contributed by atoms with Crippen LogP contribution < -0.4 is 5.32 Å². The van der Waals surface area contributed by atoms with Crippen molar-refractivity contribution in [2.24, 2.45) is 11.8 Å². The Morgan fingerprint density at radius 1 is 1.06 bits per heavy atom. The van der Waals surface area contributed by atoms with Crippen molar-refractivity contribution in [2.45, 2.75) is 77.4 Å². The molecule has 180 valence electrons. The number of rotatable bonds is 4. The second-order valence-corrected chi connectivity index (χ2v) is 10.1. The second-order valence-electron chi connectivity index (χ2n) is 10.1. The van der Waals surface area contributed by atoms with Gasteiger partial charge in [0.2, 0.25) is 5.91 Å². The SMILES string of the molecule is CC1CCCO[C@H](C(=O)N[C@@H](C#N)Cc2ccc3c(c2)CCCc2cc(F)ccc2-3)CCC1C. The molecule has 0 saturated carbocycles. The molecule has 1 amide bonds. The molecule has 2 unspecified atom stereocenters. The monoisotopic (exact) mass is 462 g/mol. The Labute approximate surface area is 202 Å². The van der Waals surface area contributed by atoms with Crippen LogP contribution in [-0.4, -0.2) is 24.7 Å². The summed E-state index contributed by atoms with van der Waals surface area (Å²) in [4.78, 5) is 12.9. The smallest absolute Gasteiger partial charge is 0.250 e. The Balaban J connectivity index is 1.43. The lowest BCUT2D eigenvalue weighted by molar-refractivity contribution is -0.133. The van der Waals surface area contributed by atoms with Crippen LogP contribution in [0.25, 0.3) is 11.1 Å². The van der Waals surface area contributed by atoms with Gasteiger partial charge in [-0.05, 0) is 96.7 Å². The maximum Gasteiger partial charge on any atom is 0.250 e. The molecule has 1 aliphatic heterocycles. The molecule has 1 saturated heterocycles. The van der Waals surface area contributed by atoms with Gasteiger partial charge in [0.05, 0.1) is 6.07 Å². The van der Waals surface area contributed by atoms with E-state index in [0.717, 1.165) is 60.8 Å². The molecule has 0 radical (unpaired) electrons. The molecule has 4 rings (SSSR count). The molecule has 1 fully saturated rings. The Morgan fingerprint density at radius 3 is 2.53 bits per heavy atom. The molecule has 1 heterocycles. The first kappa shape index (κ1) is 24.4. The van der Waals surface area contributed by atoms with E-state index in [1.54, 1.807) is 6.07 Å². The first-order valence-corrected chi connectivity index (χ1v) is 12.7. The molecule has 1 N–H and O–H groups in total. The van der Waals surface area contributed by atoms with Gasteiger partial charge < -0.3 is 10.1 Å². The van der Waals surface area contributed by atoms with Crippen molar-refractivity contribution in [3.8, 4) is 17.2 Å². The second kappa shape index (κ2) is 11.1. The number of aryl methyl sites for hydroxylation is 2. The predicted octanol–water partition coefficient (Wildman–Crippen LogP) is 5.76. The summed E-state index contributed by atoms with van der Waals surface area (Å²) in [6.45, 7) is 5.10. The fourth-order valence-corrected chi connectivity index (χ4v) is 5.28. The molecule has 2 aromatic rings. The standard InChI is InChI=1S/C29H35FN2O2/c1-19-5-4-14-34-28(13-8-20(19)2)29(33)32-25(18-31)16-21-9-11-26-22(15-21)6-3-7-23-17-24(30)10-12-27(23)26/h9-12,15,17,19-20,25,28H,3-8,13-14,16H2,1-2H3,(H,32,33)/t19?,20?,25-,28+/m1/s1. The zero-order chi connectivity index (χ0) is 24.1. The number of amides is 1. The van der Waals surface area contributed by atoms with Crippen molar-refractivity contribution in [3.05, 3.63) is 58.9 Å². The van der Waals surface area contributed by atoms with Crippen LogP contribution in [0.3, 0.4) is 0 Å². The highest BCUT2D eigenvalue weighted by atomic mass is 19.1. The number of hydrogen-bond donors (Lipinski definition) is 1. The number of carbonyl (C=O) groups is 1. The Bertz CT molecular complexity index is 1060. The number of carbonyl (C=O) groups excluding carboxylic acids is 1. The Hall–Kier alpha value is -2.71. The Kier molecular flexibility index (Phi) is 8.00. The lowest BCUT2D eigenvalue weighted by atomic mass is 9.88. The van der Waals surface area contributed by atoms with Crippen molar-refractivity contribution in [3.63, 3.8) is 0 Å². The molecule has 0 aromatic heterocycles. The van der Waals surface area contributed by atoms with E-state index in [0.29, 0.717) is 31.3 Å². The number of fused-ring (bicyclic) bond motifs is 3. The summed E-state index contributed by atoms with van der Waals surface area (Å²) in [5, 5.41) is 12.7. The van der Waals surface area contributed by atoms with Gasteiger partial charge >= 0.3 is 0 Å². The third kappa shape index (κ3) is 5.85. The molecule has 2 aromatic carbocycles. The normalized spacial score (nSPS) is 23.6. The average Bonchev–Trinajstić information content (AvgIpc) is 2.95. The molecule has 4 nitrogen and oxygen atoms in total. The van der Waals surface area contributed by atoms with E-state index in [2.05, 4.69) is 37.4 Å². The van der Waals surface area contributed by atoms with Crippen molar-refractivity contribution >= 4 is 5.91 Å². The number of nitrogens with zero attached hydrogens (tertiary/aromatic N) is 1. The quantitative estimate of drug-likeness (QED) is 0.628. The summed E-state index contributed by atoms with van der Waals surface area (Å²) < 4.78 is 19.6. The third-order valence-corrected chi connectivity index (χ3v) is 7.60. The zero-order valence-corrected chi connectivity index (χ0v) is 20.3. The van der Waals surface area contributed by atoms with Crippen molar-refractivity contribution in [1.82, 2.24) is 5.32 Å². The minimum Gasteiger partial charge on any atom is -0.368 e. The summed E-state index contributed by atoms with van der Waals surface area (Å²) in [7, 11) is 0. The molecular formula is C29H35FN2O2. The van der Waals surface area contributed by atoms with Gasteiger partial charge in [0.25, 0.3) is 0 Å². The van der Waals surface area contributed by atoms with E-state index >= 15 is 0 Å². The number of hydrogen-bond acceptors (Lipinski definition) is 3. The lowest BCUT2D eigenvalue weighted by Gasteiger charge is -2.21. The van der Waals surface area contributed by atoms with Gasteiger partial charge in [-0.25, -0.2) is 4.39 Å². The minimum atomic E-state index is -0.606. The van der Waals surface area contributed by atoms with Crippen molar-refractivity contribution in [1.29, 1.82) is 5.26 Å². The van der Waals surface area contributed by atoms with Crippen LogP contribution in [0, 0.1) is 29.0 Å². The summed E-state index contributed by atoms with van der Waals surface area (Å²) in [5.74, 6) is 0.819. The van der Waals surface area contributed by atoms with Crippen molar-refractivity contribution < 1.29 is 13.9 Å². The van der Waals surface area contributed by atoms with E-state index in [1.807, 2.05) is 12.1 Å². The van der Waals surface area contributed by atoms with Crippen molar-refractivity contribution in [2.75, 3.05) is 6.61 Å². The molecule has 0 bridgehead atoms. The average molecular weight is 463 g/mol. The van der Waals surface area contributed by atoms with E-state index in [-0.39, 0.29) is 11.7 Å². The van der Waals surface area contributed by atoms with Gasteiger partial charge in [0.1, 0.15) is 18.0 Å². The van der Waals surface area contributed by atoms with E-state index < -0.39 is 12.1 Å². The predicted molar refractivity (Wildman–Crippen MR) is 132 cm³/mol. The maximum absolute atomic E-state index is 13.7. The summed E-state index contributed by atoms with van der Waals surface area (Å²) in [6, 6.07) is 12.9. The maximum atomic E-state index is 13.7. The molecular weight excluding hydrogens is 427 g/mol. The largest absolute Gasteiger partial charge is 0.368 e. The van der Waals surface area contributed by atoms with Crippen LogP contribution in [0.15, 0.2) is 36.4 Å². The van der Waals surface area contributed by atoms with Gasteiger partial charge in [0, 0.05) is 13.0 Å². The Morgan fingerprint density at radius 2 is 1.76 bits per heavy atom. The highest BCUT2D eigenvalue weighted by molar-refractivity contribution is 5.81. The molecule has 1 aliphatic carbocycles. The minimum absolute atomic E-state index is 0.181. The van der Waals surface area contributed by atoms with Crippen LogP contribution in [0.2, 0.25) is 0 Å². The van der Waals surface area contributed by atoms with Crippen LogP contribution >= 0.6 is 0 Å². The topological polar surface area (TPSA) is 62.1 Å². The first-order valence-electron chi connectivity index (χ1n) is 12.7. The number of ether oxygens (including phenoxy) is 1.